The number of hydrogen-bond donors (Lipinski definition) is 1. The van der Waals surface area contributed by atoms with E-state index in [2.05, 4.69) is 9.72 Å². The Morgan fingerprint density at radius 1 is 1.00 bits per heavy atom. The summed E-state index contributed by atoms with van der Waals surface area (Å²) in [5, 5.41) is 9.80. The predicted molar refractivity (Wildman–Crippen MR) is 125 cm³/mol. The molecule has 1 aromatic heterocycles. The Hall–Kier alpha value is -4.52. The van der Waals surface area contributed by atoms with Gasteiger partial charge in [-0.05, 0) is 47.5 Å². The van der Waals surface area contributed by atoms with E-state index in [-0.39, 0.29) is 23.5 Å². The number of fused-ring (bicyclic) bond motifs is 1. The van der Waals surface area contributed by atoms with Gasteiger partial charge in [0.2, 0.25) is 0 Å². The van der Waals surface area contributed by atoms with Gasteiger partial charge in [-0.1, -0.05) is 48.5 Å². The molecule has 0 fully saturated rings. The van der Waals surface area contributed by atoms with Crippen molar-refractivity contribution in [3.8, 4) is 5.69 Å². The Kier molecular flexibility index (Phi) is 6.13. The fraction of sp³-hybridized carbons (Fsp3) is 0.0769. The number of aromatic carboxylic acids is 1. The van der Waals surface area contributed by atoms with Crippen LogP contribution in [0.25, 0.3) is 28.7 Å². The number of para-hydroxylation sites is 1. The van der Waals surface area contributed by atoms with E-state index in [0.29, 0.717) is 22.4 Å². The van der Waals surface area contributed by atoms with Crippen LogP contribution in [-0.2, 0) is 16.0 Å². The maximum absolute atomic E-state index is 13.3. The maximum atomic E-state index is 13.3. The number of carbonyl (C=O) groups is 2. The first kappa shape index (κ1) is 21.7. The minimum Gasteiger partial charge on any atom is -0.478 e. The molecule has 7 heteroatoms. The Bertz CT molecular complexity index is 1440. The molecule has 0 saturated carbocycles. The Labute approximate surface area is 189 Å². The number of ether oxygens (including phenoxy) is 1. The molecule has 7 nitrogen and oxygen atoms in total. The summed E-state index contributed by atoms with van der Waals surface area (Å²) >= 11 is 0. The van der Waals surface area contributed by atoms with Gasteiger partial charge in [0.15, 0.2) is 0 Å². The molecule has 33 heavy (non-hydrogen) atoms. The highest BCUT2D eigenvalue weighted by Gasteiger charge is 2.13. The monoisotopic (exact) mass is 440 g/mol. The molecule has 0 amide bonds. The highest BCUT2D eigenvalue weighted by atomic mass is 16.5. The normalized spacial score (nSPS) is 11.1. The van der Waals surface area contributed by atoms with E-state index in [1.165, 1.54) is 23.8 Å². The van der Waals surface area contributed by atoms with E-state index >= 15 is 0 Å². The third kappa shape index (κ3) is 4.72. The van der Waals surface area contributed by atoms with Gasteiger partial charge in [0, 0.05) is 0 Å². The van der Waals surface area contributed by atoms with Crippen LogP contribution in [0.3, 0.4) is 0 Å². The number of aromatic nitrogens is 2. The zero-order valence-corrected chi connectivity index (χ0v) is 17.8. The summed E-state index contributed by atoms with van der Waals surface area (Å²) in [7, 11) is 1.35. The van der Waals surface area contributed by atoms with Crippen LogP contribution in [-0.4, -0.2) is 33.7 Å². The fourth-order valence-electron chi connectivity index (χ4n) is 3.45. The van der Waals surface area contributed by atoms with Gasteiger partial charge in [0.05, 0.1) is 35.7 Å². The quantitative estimate of drug-likeness (QED) is 0.456. The van der Waals surface area contributed by atoms with Crippen molar-refractivity contribution in [3.05, 3.63) is 106 Å². The molecular weight excluding hydrogens is 420 g/mol. The predicted octanol–water partition coefficient (Wildman–Crippen LogP) is 3.97. The Morgan fingerprint density at radius 2 is 1.76 bits per heavy atom. The molecular formula is C26H20N2O5. The number of benzene rings is 3. The average molecular weight is 440 g/mol. The smallest absolute Gasteiger partial charge is 0.335 e. The molecule has 0 spiro atoms. The third-order valence-corrected chi connectivity index (χ3v) is 5.13. The van der Waals surface area contributed by atoms with Gasteiger partial charge >= 0.3 is 11.9 Å². The van der Waals surface area contributed by atoms with Crippen molar-refractivity contribution in [3.63, 3.8) is 0 Å². The van der Waals surface area contributed by atoms with E-state index in [1.54, 1.807) is 48.6 Å². The van der Waals surface area contributed by atoms with Crippen molar-refractivity contribution in [2.75, 3.05) is 7.11 Å². The van der Waals surface area contributed by atoms with E-state index in [4.69, 9.17) is 0 Å². The summed E-state index contributed by atoms with van der Waals surface area (Å²) in [5.41, 5.74) is 2.40. The molecule has 4 rings (SSSR count). The third-order valence-electron chi connectivity index (χ3n) is 5.13. The van der Waals surface area contributed by atoms with Crippen LogP contribution in [0.5, 0.6) is 0 Å². The van der Waals surface area contributed by atoms with Crippen LogP contribution < -0.4 is 5.56 Å². The number of esters is 1. The Balaban J connectivity index is 1.79. The molecule has 0 saturated heterocycles. The first-order chi connectivity index (χ1) is 16.0. The van der Waals surface area contributed by atoms with Gasteiger partial charge in [-0.2, -0.15) is 0 Å². The van der Waals surface area contributed by atoms with E-state index in [1.807, 2.05) is 24.3 Å². The van der Waals surface area contributed by atoms with Gasteiger partial charge in [-0.3, -0.25) is 14.2 Å². The Morgan fingerprint density at radius 3 is 2.48 bits per heavy atom. The molecule has 0 atom stereocenters. The van der Waals surface area contributed by atoms with Gasteiger partial charge in [0.25, 0.3) is 5.56 Å². The lowest BCUT2D eigenvalue weighted by atomic mass is 10.1. The van der Waals surface area contributed by atoms with Crippen LogP contribution in [0, 0.1) is 0 Å². The highest BCUT2D eigenvalue weighted by Crippen LogP contribution is 2.17. The molecule has 1 N–H and O–H groups in total. The number of hydrogen-bond acceptors (Lipinski definition) is 5. The van der Waals surface area contributed by atoms with Crippen molar-refractivity contribution in [2.45, 2.75) is 6.42 Å². The van der Waals surface area contributed by atoms with Crippen LogP contribution in [0.1, 0.15) is 27.3 Å². The molecule has 164 valence electrons. The van der Waals surface area contributed by atoms with E-state index in [0.717, 1.165) is 11.1 Å². The summed E-state index contributed by atoms with van der Waals surface area (Å²) in [4.78, 5) is 40.8. The first-order valence-corrected chi connectivity index (χ1v) is 10.2. The summed E-state index contributed by atoms with van der Waals surface area (Å²) in [6, 6.07) is 20.5. The minimum atomic E-state index is -1.08. The number of carbonyl (C=O) groups excluding carboxylic acids is 1. The summed E-state index contributed by atoms with van der Waals surface area (Å²) in [6.45, 7) is 0. The van der Waals surface area contributed by atoms with Crippen molar-refractivity contribution >= 4 is 35.0 Å². The number of rotatable bonds is 6. The van der Waals surface area contributed by atoms with E-state index in [9.17, 15) is 19.5 Å². The van der Waals surface area contributed by atoms with Crippen LogP contribution in [0.15, 0.2) is 77.6 Å². The highest BCUT2D eigenvalue weighted by molar-refractivity contribution is 5.88. The molecule has 3 aromatic carbocycles. The molecule has 0 aliphatic carbocycles. The van der Waals surface area contributed by atoms with Crippen molar-refractivity contribution < 1.29 is 19.4 Å². The number of methoxy groups -OCH3 is 1. The second-order valence-electron chi connectivity index (χ2n) is 7.31. The van der Waals surface area contributed by atoms with Crippen LogP contribution in [0.4, 0.5) is 0 Å². The standard InChI is InChI=1S/C26H20N2O5/c1-33-24(29)15-18-11-9-17(10-12-18)13-14-23-27-22-8-3-2-7-21(22)25(30)28(23)20-6-4-5-19(16-20)26(31)32/h2-14,16H,15H2,1H3,(H,31,32)/b14-13+. The van der Waals surface area contributed by atoms with Crippen molar-refractivity contribution in [2.24, 2.45) is 0 Å². The van der Waals surface area contributed by atoms with Gasteiger partial charge < -0.3 is 9.84 Å². The van der Waals surface area contributed by atoms with Crippen molar-refractivity contribution in [1.29, 1.82) is 0 Å². The van der Waals surface area contributed by atoms with Crippen LogP contribution >= 0.6 is 0 Å². The van der Waals surface area contributed by atoms with Crippen molar-refractivity contribution in [1.82, 2.24) is 9.55 Å². The largest absolute Gasteiger partial charge is 0.478 e. The molecule has 1 heterocycles. The topological polar surface area (TPSA) is 98.5 Å². The summed E-state index contributed by atoms with van der Waals surface area (Å²) in [5.74, 6) is -1.03. The lowest BCUT2D eigenvalue weighted by Gasteiger charge is -2.12. The van der Waals surface area contributed by atoms with Gasteiger partial charge in [-0.25, -0.2) is 9.78 Å². The minimum absolute atomic E-state index is 0.0729. The molecule has 0 aliphatic heterocycles. The number of carboxylic acids is 1. The maximum Gasteiger partial charge on any atom is 0.335 e. The van der Waals surface area contributed by atoms with E-state index < -0.39 is 5.97 Å². The second-order valence-corrected chi connectivity index (χ2v) is 7.31. The molecule has 0 bridgehead atoms. The summed E-state index contributed by atoms with van der Waals surface area (Å²) in [6.07, 6.45) is 3.69. The number of carboxylic acid groups (broad SMARTS) is 1. The second kappa shape index (κ2) is 9.32. The average Bonchev–Trinajstić information content (AvgIpc) is 2.83. The lowest BCUT2D eigenvalue weighted by molar-refractivity contribution is -0.139. The fourth-order valence-corrected chi connectivity index (χ4v) is 3.45. The molecule has 0 unspecified atom stereocenters. The molecule has 0 aliphatic rings. The summed E-state index contributed by atoms with van der Waals surface area (Å²) < 4.78 is 6.08. The zero-order valence-electron chi connectivity index (χ0n) is 17.8. The molecule has 0 radical (unpaired) electrons. The van der Waals surface area contributed by atoms with Gasteiger partial charge in [0.1, 0.15) is 5.82 Å². The molecule has 4 aromatic rings. The van der Waals surface area contributed by atoms with Crippen LogP contribution in [0.2, 0.25) is 0 Å². The first-order valence-electron chi connectivity index (χ1n) is 10.2. The zero-order chi connectivity index (χ0) is 23.4. The lowest BCUT2D eigenvalue weighted by Crippen LogP contribution is -2.22. The van der Waals surface area contributed by atoms with Gasteiger partial charge in [-0.15, -0.1) is 0 Å². The SMILES string of the molecule is COC(=O)Cc1ccc(/C=C/c2nc3ccccc3c(=O)n2-c2cccc(C(=O)O)c2)cc1. The number of nitrogens with zero attached hydrogens (tertiary/aromatic N) is 2.